The van der Waals surface area contributed by atoms with Crippen LogP contribution in [0.15, 0.2) is 84.9 Å². The Bertz CT molecular complexity index is 1140. The summed E-state index contributed by atoms with van der Waals surface area (Å²) in [5.41, 5.74) is 4.12. The van der Waals surface area contributed by atoms with Gasteiger partial charge in [0.05, 0.1) is 0 Å². The van der Waals surface area contributed by atoms with Gasteiger partial charge in [0.1, 0.15) is 6.04 Å². The van der Waals surface area contributed by atoms with Crippen LogP contribution in [0.3, 0.4) is 0 Å². The second-order valence-corrected chi connectivity index (χ2v) is 11.9. The number of aryl methyl sites for hydroxylation is 1. The smallest absolute Gasteiger partial charge is 0.243 e. The summed E-state index contributed by atoms with van der Waals surface area (Å²) < 4.78 is 0. The van der Waals surface area contributed by atoms with Crippen LogP contribution in [0.5, 0.6) is 0 Å². The average molecular weight is 499 g/mol. The quantitative estimate of drug-likeness (QED) is 0.367. The molecule has 196 valence electrons. The van der Waals surface area contributed by atoms with E-state index in [1.807, 2.05) is 81.4 Å². The first-order chi connectivity index (χ1) is 17.4. The van der Waals surface area contributed by atoms with E-state index in [9.17, 15) is 9.59 Å². The van der Waals surface area contributed by atoms with Gasteiger partial charge in [-0.25, -0.2) is 0 Å². The van der Waals surface area contributed by atoms with E-state index in [0.29, 0.717) is 25.8 Å². The minimum absolute atomic E-state index is 0.0197. The lowest BCUT2D eigenvalue weighted by molar-refractivity contribution is -0.141. The van der Waals surface area contributed by atoms with Gasteiger partial charge in [0.15, 0.2) is 0 Å². The molecule has 3 aromatic carbocycles. The highest BCUT2D eigenvalue weighted by atomic mass is 16.2. The number of hydrogen-bond acceptors (Lipinski definition) is 2. The van der Waals surface area contributed by atoms with Crippen molar-refractivity contribution in [2.24, 2.45) is 0 Å². The Hall–Kier alpha value is -3.40. The molecule has 0 bridgehead atoms. The summed E-state index contributed by atoms with van der Waals surface area (Å²) in [6, 6.07) is 27.8. The van der Waals surface area contributed by atoms with Crippen molar-refractivity contribution in [3.63, 3.8) is 0 Å². The molecule has 0 aliphatic rings. The highest BCUT2D eigenvalue weighted by Crippen LogP contribution is 2.23. The van der Waals surface area contributed by atoms with Crippen LogP contribution in [-0.2, 0) is 34.4 Å². The molecule has 0 aliphatic carbocycles. The van der Waals surface area contributed by atoms with Gasteiger partial charge >= 0.3 is 0 Å². The first-order valence-electron chi connectivity index (χ1n) is 13.2. The number of hydrogen-bond donors (Lipinski definition) is 1. The highest BCUT2D eigenvalue weighted by molar-refractivity contribution is 5.88. The third-order valence-corrected chi connectivity index (χ3v) is 6.41. The number of carbonyl (C=O) groups is 2. The van der Waals surface area contributed by atoms with Crippen molar-refractivity contribution in [3.8, 4) is 0 Å². The molecule has 0 saturated carbocycles. The summed E-state index contributed by atoms with van der Waals surface area (Å²) in [6.45, 7) is 12.9. The van der Waals surface area contributed by atoms with Gasteiger partial charge in [-0.1, -0.05) is 106 Å². The maximum absolute atomic E-state index is 13.8. The zero-order chi connectivity index (χ0) is 27.1. The number of nitrogens with zero attached hydrogens (tertiary/aromatic N) is 1. The summed E-state index contributed by atoms with van der Waals surface area (Å²) in [4.78, 5) is 29.2. The van der Waals surface area contributed by atoms with E-state index in [0.717, 1.165) is 16.7 Å². The normalized spacial score (nSPS) is 12.6. The summed E-state index contributed by atoms with van der Waals surface area (Å²) in [7, 11) is 0. The molecule has 0 radical (unpaired) electrons. The second kappa shape index (κ2) is 12.2. The third-order valence-electron chi connectivity index (χ3n) is 6.41. The maximum Gasteiger partial charge on any atom is 0.243 e. The third kappa shape index (κ3) is 8.89. The number of carbonyl (C=O) groups excluding carboxylic acids is 2. The molecule has 37 heavy (non-hydrogen) atoms. The molecular formula is C33H42N2O2. The van der Waals surface area contributed by atoms with E-state index in [1.165, 1.54) is 5.56 Å². The van der Waals surface area contributed by atoms with E-state index in [2.05, 4.69) is 50.4 Å². The van der Waals surface area contributed by atoms with Gasteiger partial charge in [0, 0.05) is 24.9 Å². The SMILES string of the molecule is CC(C)(C)NC(=O)[C@H](Cc1ccccc1)N(Cc1ccccc1)C(=O)CCc1ccc(C(C)(C)C)cc1. The fraction of sp³-hybridized carbons (Fsp3) is 0.394. The highest BCUT2D eigenvalue weighted by Gasteiger charge is 2.32. The monoisotopic (exact) mass is 498 g/mol. The van der Waals surface area contributed by atoms with Crippen LogP contribution in [-0.4, -0.2) is 28.3 Å². The Labute approximate surface area is 223 Å². The topological polar surface area (TPSA) is 49.4 Å². The lowest BCUT2D eigenvalue weighted by atomic mass is 9.86. The lowest BCUT2D eigenvalue weighted by Gasteiger charge is -2.34. The molecule has 4 nitrogen and oxygen atoms in total. The molecule has 0 saturated heterocycles. The van der Waals surface area contributed by atoms with E-state index in [-0.39, 0.29) is 17.2 Å². The van der Waals surface area contributed by atoms with E-state index in [4.69, 9.17) is 0 Å². The Kier molecular flexibility index (Phi) is 9.31. The van der Waals surface area contributed by atoms with Gasteiger partial charge in [-0.15, -0.1) is 0 Å². The van der Waals surface area contributed by atoms with Gasteiger partial charge in [-0.05, 0) is 54.9 Å². The fourth-order valence-corrected chi connectivity index (χ4v) is 4.35. The summed E-state index contributed by atoms with van der Waals surface area (Å²) in [5, 5.41) is 3.12. The zero-order valence-corrected chi connectivity index (χ0v) is 23.3. The average Bonchev–Trinajstić information content (AvgIpc) is 2.84. The van der Waals surface area contributed by atoms with Crippen molar-refractivity contribution >= 4 is 11.8 Å². The second-order valence-electron chi connectivity index (χ2n) is 11.9. The van der Waals surface area contributed by atoms with Crippen molar-refractivity contribution < 1.29 is 9.59 Å². The Morgan fingerprint density at radius 2 is 1.27 bits per heavy atom. The van der Waals surface area contributed by atoms with E-state index >= 15 is 0 Å². The minimum atomic E-state index is -0.613. The molecule has 0 spiro atoms. The van der Waals surface area contributed by atoms with Gasteiger partial charge in [0.25, 0.3) is 0 Å². The molecule has 0 heterocycles. The maximum atomic E-state index is 13.8. The van der Waals surface area contributed by atoms with Gasteiger partial charge in [0.2, 0.25) is 11.8 Å². The lowest BCUT2D eigenvalue weighted by Crippen LogP contribution is -2.54. The largest absolute Gasteiger partial charge is 0.350 e. The molecule has 0 aliphatic heterocycles. The molecule has 0 aromatic heterocycles. The van der Waals surface area contributed by atoms with Crippen molar-refractivity contribution in [1.82, 2.24) is 10.2 Å². The van der Waals surface area contributed by atoms with Crippen LogP contribution >= 0.6 is 0 Å². The van der Waals surface area contributed by atoms with Crippen molar-refractivity contribution in [1.29, 1.82) is 0 Å². The molecule has 3 rings (SSSR count). The Morgan fingerprint density at radius 1 is 0.730 bits per heavy atom. The van der Waals surface area contributed by atoms with Crippen molar-refractivity contribution in [3.05, 3.63) is 107 Å². The summed E-state index contributed by atoms with van der Waals surface area (Å²) in [5.74, 6) is -0.149. The number of amides is 2. The summed E-state index contributed by atoms with van der Waals surface area (Å²) in [6.07, 6.45) is 1.44. The van der Waals surface area contributed by atoms with Crippen LogP contribution in [0.25, 0.3) is 0 Å². The van der Waals surface area contributed by atoms with Crippen LogP contribution < -0.4 is 5.32 Å². The van der Waals surface area contributed by atoms with Crippen LogP contribution in [0.4, 0.5) is 0 Å². The molecule has 2 amide bonds. The molecule has 0 fully saturated rings. The van der Waals surface area contributed by atoms with Gasteiger partial charge in [-0.3, -0.25) is 9.59 Å². The standard InChI is InChI=1S/C33H42N2O2/c1-32(2,3)28-20-17-25(18-21-28)19-22-30(36)35(24-27-15-11-8-12-16-27)29(31(37)34-33(4,5)6)23-26-13-9-7-10-14-26/h7-18,20-21,29H,19,22-24H2,1-6H3,(H,34,37)/t29-/m0/s1. The number of rotatable bonds is 9. The molecule has 3 aromatic rings. The zero-order valence-electron chi connectivity index (χ0n) is 23.3. The molecule has 0 unspecified atom stereocenters. The van der Waals surface area contributed by atoms with Crippen molar-refractivity contribution in [2.75, 3.05) is 0 Å². The van der Waals surface area contributed by atoms with Gasteiger partial charge in [-0.2, -0.15) is 0 Å². The fourth-order valence-electron chi connectivity index (χ4n) is 4.35. The first kappa shape index (κ1) is 28.2. The molecular weight excluding hydrogens is 456 g/mol. The van der Waals surface area contributed by atoms with Gasteiger partial charge < -0.3 is 10.2 Å². The Balaban J connectivity index is 1.87. The predicted molar refractivity (Wildman–Crippen MR) is 152 cm³/mol. The van der Waals surface area contributed by atoms with E-state index < -0.39 is 11.6 Å². The van der Waals surface area contributed by atoms with Crippen molar-refractivity contribution in [2.45, 2.75) is 84.3 Å². The summed E-state index contributed by atoms with van der Waals surface area (Å²) >= 11 is 0. The van der Waals surface area contributed by atoms with Crippen LogP contribution in [0.2, 0.25) is 0 Å². The van der Waals surface area contributed by atoms with Crippen LogP contribution in [0.1, 0.15) is 70.2 Å². The number of nitrogens with one attached hydrogen (secondary N) is 1. The predicted octanol–water partition coefficient (Wildman–Crippen LogP) is 6.47. The van der Waals surface area contributed by atoms with Crippen LogP contribution in [0, 0.1) is 0 Å². The Morgan fingerprint density at radius 3 is 1.78 bits per heavy atom. The number of benzene rings is 3. The molecule has 1 N–H and O–H groups in total. The minimum Gasteiger partial charge on any atom is -0.350 e. The van der Waals surface area contributed by atoms with E-state index in [1.54, 1.807) is 4.90 Å². The molecule has 1 atom stereocenters. The molecule has 4 heteroatoms. The first-order valence-corrected chi connectivity index (χ1v) is 13.2.